The van der Waals surface area contributed by atoms with Gasteiger partial charge in [-0.2, -0.15) is 0 Å². The molecule has 1 aliphatic carbocycles. The topological polar surface area (TPSA) is 129 Å². The number of aromatic hydroxyl groups is 2. The quantitative estimate of drug-likeness (QED) is 0.105. The highest BCUT2D eigenvalue weighted by Crippen LogP contribution is 2.43. The first-order valence-corrected chi connectivity index (χ1v) is 22.9. The van der Waals surface area contributed by atoms with Crippen LogP contribution in [0, 0.1) is 0 Å². The third-order valence-electron chi connectivity index (χ3n) is 12.4. The van der Waals surface area contributed by atoms with Crippen LogP contribution in [0.25, 0.3) is 0 Å². The van der Waals surface area contributed by atoms with Crippen LogP contribution in [0.3, 0.4) is 0 Å². The number of carbonyl (C=O) groups is 2. The molecule has 2 amide bonds. The monoisotopic (exact) mass is 860 g/mol. The van der Waals surface area contributed by atoms with E-state index in [0.29, 0.717) is 50.3 Å². The standard InChI is InChI=1S/C54H73N3O6/c1-51(2,3)41-23-33-19-37-27-43(53(7,8)9)29-39-21-35-25-42(52(4,5)6)26-36(48(35)61)22-40-30-44(54(10,11)12)28-38(20-34(24-41)47(33)60)50(40)63-32-46(59)57-18-14-16-55-15-13-17-56-45(58)31-62-49(37)39/h23-30,55,60-61H,13-22,31-32H2,1-12H3,(H,56,58)(H,57,59). The lowest BCUT2D eigenvalue weighted by atomic mass is 9.79. The second-order valence-electron chi connectivity index (χ2n) is 22.0. The third kappa shape index (κ3) is 11.8. The Morgan fingerprint density at radius 2 is 0.667 bits per heavy atom. The van der Waals surface area contributed by atoms with Gasteiger partial charge in [-0.05, 0) is 114 Å². The number of phenolic OH excluding ortho intramolecular Hbond substituents is 2. The Bertz CT molecular complexity index is 2070. The van der Waals surface area contributed by atoms with Gasteiger partial charge in [0, 0.05) is 38.8 Å². The van der Waals surface area contributed by atoms with Crippen LogP contribution in [0.5, 0.6) is 23.0 Å². The van der Waals surface area contributed by atoms with Gasteiger partial charge in [-0.3, -0.25) is 9.59 Å². The van der Waals surface area contributed by atoms with E-state index in [9.17, 15) is 19.8 Å². The van der Waals surface area contributed by atoms with Gasteiger partial charge in [0.05, 0.1) is 0 Å². The van der Waals surface area contributed by atoms with Crippen LogP contribution in [0.2, 0.25) is 0 Å². The largest absolute Gasteiger partial charge is 0.507 e. The Balaban J connectivity index is 1.71. The van der Waals surface area contributed by atoms with Gasteiger partial charge in [0.2, 0.25) is 0 Å². The minimum atomic E-state index is -0.257. The number of nitrogens with one attached hydrogen (secondary N) is 3. The van der Waals surface area contributed by atoms with Gasteiger partial charge < -0.3 is 35.6 Å². The molecule has 1 heterocycles. The van der Waals surface area contributed by atoms with Gasteiger partial charge in [-0.25, -0.2) is 0 Å². The summed E-state index contributed by atoms with van der Waals surface area (Å²) >= 11 is 0. The first kappa shape index (κ1) is 47.5. The summed E-state index contributed by atoms with van der Waals surface area (Å²) in [6.07, 6.45) is 2.80. The van der Waals surface area contributed by atoms with Crippen LogP contribution < -0.4 is 25.4 Å². The normalized spacial score (nSPS) is 16.4. The average molecular weight is 860 g/mol. The van der Waals surface area contributed by atoms with Gasteiger partial charge in [0.15, 0.2) is 13.2 Å². The molecule has 0 radical (unpaired) electrons. The molecule has 0 aromatic heterocycles. The van der Waals surface area contributed by atoms with Crippen LogP contribution in [0.15, 0.2) is 48.5 Å². The predicted molar refractivity (Wildman–Crippen MR) is 254 cm³/mol. The maximum absolute atomic E-state index is 13.5. The minimum Gasteiger partial charge on any atom is -0.507 e. The van der Waals surface area contributed by atoms with Gasteiger partial charge in [-0.1, -0.05) is 132 Å². The molecule has 63 heavy (non-hydrogen) atoms. The van der Waals surface area contributed by atoms with E-state index in [0.717, 1.165) is 92.7 Å². The fourth-order valence-electron chi connectivity index (χ4n) is 8.40. The van der Waals surface area contributed by atoms with Gasteiger partial charge in [0.25, 0.3) is 11.8 Å². The Kier molecular flexibility index (Phi) is 14.0. The molecule has 0 spiro atoms. The number of ether oxygens (including phenoxy) is 2. The predicted octanol–water partition coefficient (Wildman–Crippen LogP) is 9.34. The molecule has 0 saturated carbocycles. The Labute approximate surface area is 376 Å². The molecule has 0 unspecified atom stereocenters. The lowest BCUT2D eigenvalue weighted by Crippen LogP contribution is -2.33. The summed E-state index contributed by atoms with van der Waals surface area (Å²) in [5.41, 5.74) is 9.65. The summed E-state index contributed by atoms with van der Waals surface area (Å²) in [4.78, 5) is 26.9. The lowest BCUT2D eigenvalue weighted by Gasteiger charge is -2.28. The van der Waals surface area contributed by atoms with E-state index < -0.39 is 0 Å². The van der Waals surface area contributed by atoms with E-state index >= 15 is 0 Å². The van der Waals surface area contributed by atoms with E-state index in [1.165, 1.54) is 0 Å². The van der Waals surface area contributed by atoms with Crippen molar-refractivity contribution in [3.63, 3.8) is 0 Å². The van der Waals surface area contributed by atoms with E-state index in [-0.39, 0.29) is 58.2 Å². The smallest absolute Gasteiger partial charge is 0.257 e. The highest BCUT2D eigenvalue weighted by atomic mass is 16.5. The molecule has 10 bridgehead atoms. The van der Waals surface area contributed by atoms with Crippen molar-refractivity contribution in [1.29, 1.82) is 0 Å². The highest BCUT2D eigenvalue weighted by molar-refractivity contribution is 5.78. The molecule has 9 heteroatoms. The third-order valence-corrected chi connectivity index (χ3v) is 12.4. The van der Waals surface area contributed by atoms with E-state index in [4.69, 9.17) is 9.47 Å². The van der Waals surface area contributed by atoms with E-state index in [1.54, 1.807) is 0 Å². The van der Waals surface area contributed by atoms with E-state index in [1.807, 2.05) is 0 Å². The fraction of sp³-hybridized carbons (Fsp3) is 0.519. The average Bonchev–Trinajstić information content (AvgIpc) is 3.16. The molecule has 9 nitrogen and oxygen atoms in total. The van der Waals surface area contributed by atoms with Crippen molar-refractivity contribution in [2.24, 2.45) is 0 Å². The first-order valence-electron chi connectivity index (χ1n) is 22.9. The van der Waals surface area contributed by atoms with Crippen molar-refractivity contribution in [2.75, 3.05) is 39.4 Å². The fourth-order valence-corrected chi connectivity index (χ4v) is 8.40. The van der Waals surface area contributed by atoms with Crippen molar-refractivity contribution in [1.82, 2.24) is 16.0 Å². The number of phenols is 2. The van der Waals surface area contributed by atoms with E-state index in [2.05, 4.69) is 148 Å². The Morgan fingerprint density at radius 3 is 0.921 bits per heavy atom. The maximum Gasteiger partial charge on any atom is 0.257 e. The molecule has 0 fully saturated rings. The minimum absolute atomic E-state index is 0.186. The zero-order valence-electron chi connectivity index (χ0n) is 40.1. The first-order chi connectivity index (χ1) is 29.4. The molecule has 5 N–H and O–H groups in total. The number of fused-ring (bicyclic) bond motifs is 2. The summed E-state index contributed by atoms with van der Waals surface area (Å²) in [5.74, 6) is 1.10. The van der Waals surface area contributed by atoms with Crippen molar-refractivity contribution >= 4 is 11.8 Å². The van der Waals surface area contributed by atoms with Crippen LogP contribution in [-0.4, -0.2) is 61.4 Å². The summed E-state index contributed by atoms with van der Waals surface area (Å²) in [6, 6.07) is 17.0. The summed E-state index contributed by atoms with van der Waals surface area (Å²) < 4.78 is 13.3. The molecule has 340 valence electrons. The van der Waals surface area contributed by atoms with Crippen LogP contribution in [-0.2, 0) is 56.9 Å². The molecule has 6 rings (SSSR count). The second kappa shape index (κ2) is 18.6. The van der Waals surface area contributed by atoms with Gasteiger partial charge in [0.1, 0.15) is 23.0 Å². The molecular formula is C54H73N3O6. The maximum atomic E-state index is 13.5. The molecule has 0 atom stereocenters. The Morgan fingerprint density at radius 1 is 0.413 bits per heavy atom. The number of rotatable bonds is 0. The molecule has 2 aliphatic rings. The summed E-state index contributed by atoms with van der Waals surface area (Å²) in [5, 5.41) is 34.5. The zero-order chi connectivity index (χ0) is 46.1. The van der Waals surface area contributed by atoms with Crippen molar-refractivity contribution in [3.05, 3.63) is 115 Å². The molecular weight excluding hydrogens is 787 g/mol. The number of carbonyl (C=O) groups excluding carboxylic acids is 2. The van der Waals surface area contributed by atoms with Crippen molar-refractivity contribution in [3.8, 4) is 23.0 Å². The number of hydrogen-bond donors (Lipinski definition) is 5. The van der Waals surface area contributed by atoms with Crippen molar-refractivity contribution in [2.45, 2.75) is 143 Å². The number of hydrogen-bond acceptors (Lipinski definition) is 7. The second-order valence-corrected chi connectivity index (χ2v) is 22.0. The summed E-state index contributed by atoms with van der Waals surface area (Å²) in [6.45, 7) is 28.2. The molecule has 4 aromatic rings. The van der Waals surface area contributed by atoms with Crippen molar-refractivity contribution < 1.29 is 29.3 Å². The molecule has 4 aromatic carbocycles. The lowest BCUT2D eigenvalue weighted by molar-refractivity contribution is -0.123. The highest BCUT2D eigenvalue weighted by Gasteiger charge is 2.29. The Hall–Kier alpha value is -5.02. The molecule has 0 saturated heterocycles. The van der Waals surface area contributed by atoms with Crippen LogP contribution >= 0.6 is 0 Å². The van der Waals surface area contributed by atoms with Crippen LogP contribution in [0.1, 0.15) is 163 Å². The number of benzene rings is 4. The van der Waals surface area contributed by atoms with Gasteiger partial charge >= 0.3 is 0 Å². The SMILES string of the molecule is CC(C)(C)c1cc2c(O)c(c1)Cc1cc(C(C)(C)C)cc3c1OCC(=O)NCCCNCCCNC(=O)COc1c(cc(C(C)(C)C)cc1Cc1cc(C(C)(C)C)cc(c1O)C3)C2. The number of amides is 2. The summed E-state index contributed by atoms with van der Waals surface area (Å²) in [7, 11) is 0. The molecule has 1 aliphatic heterocycles. The zero-order valence-corrected chi connectivity index (χ0v) is 40.1. The van der Waals surface area contributed by atoms with Gasteiger partial charge in [-0.15, -0.1) is 0 Å². The van der Waals surface area contributed by atoms with Crippen LogP contribution in [0.4, 0.5) is 0 Å².